The molecule has 1 spiro atoms. The summed E-state index contributed by atoms with van der Waals surface area (Å²) in [4.78, 5) is 34.3. The van der Waals surface area contributed by atoms with E-state index >= 15 is 0 Å². The molecule has 3 N–H and O–H groups in total. The van der Waals surface area contributed by atoms with Crippen molar-refractivity contribution in [1.29, 1.82) is 0 Å². The number of fused-ring (bicyclic) bond motifs is 3. The maximum absolute atomic E-state index is 14.3. The number of aromatic nitrogens is 2. The van der Waals surface area contributed by atoms with Crippen molar-refractivity contribution in [3.63, 3.8) is 0 Å². The SMILES string of the molecule is CC1=C[C@@H]2/C=C/C[C@H](C)/C=C(\C)C(=O)c3ccc([nH]3)[C@]23C(=O)N[C@@H](Cc2c[nH]c4ccccc24)[C@@H]3[C@@H]1C. The van der Waals surface area contributed by atoms with E-state index in [2.05, 4.69) is 84.8 Å². The molecule has 1 amide bonds. The molecule has 0 unspecified atom stereocenters. The molecule has 1 saturated heterocycles. The molecule has 6 atom stereocenters. The molecular weight excluding hydrogens is 458 g/mol. The molecule has 1 aliphatic carbocycles. The second-order valence-electron chi connectivity index (χ2n) is 11.4. The number of Topliss-reactive ketones (excluding diaryl/α,β-unsaturated/α-hetero) is 1. The molecule has 6 rings (SSSR count). The summed E-state index contributed by atoms with van der Waals surface area (Å²) in [5.41, 5.74) is 4.97. The minimum absolute atomic E-state index is 0.00326. The highest BCUT2D eigenvalue weighted by Gasteiger charge is 2.63. The minimum atomic E-state index is -0.801. The Bertz CT molecular complexity index is 1480. The van der Waals surface area contributed by atoms with Gasteiger partial charge in [0.15, 0.2) is 0 Å². The number of aromatic amines is 2. The third-order valence-corrected chi connectivity index (χ3v) is 9.11. The van der Waals surface area contributed by atoms with Crippen LogP contribution in [0.1, 0.15) is 55.9 Å². The molecule has 190 valence electrons. The fourth-order valence-electron chi connectivity index (χ4n) is 7.21. The molecule has 3 aromatic rings. The van der Waals surface area contributed by atoms with E-state index in [0.717, 1.165) is 29.6 Å². The molecule has 5 heteroatoms. The summed E-state index contributed by atoms with van der Waals surface area (Å²) in [6.45, 7) is 8.46. The van der Waals surface area contributed by atoms with E-state index in [4.69, 9.17) is 0 Å². The van der Waals surface area contributed by atoms with Crippen LogP contribution in [0.2, 0.25) is 0 Å². The predicted molar refractivity (Wildman–Crippen MR) is 147 cm³/mol. The van der Waals surface area contributed by atoms with Crippen molar-refractivity contribution in [3.05, 3.63) is 95.0 Å². The molecule has 1 aromatic carbocycles. The van der Waals surface area contributed by atoms with Gasteiger partial charge >= 0.3 is 0 Å². The van der Waals surface area contributed by atoms with Crippen LogP contribution >= 0.6 is 0 Å². The van der Waals surface area contributed by atoms with E-state index in [-0.39, 0.29) is 41.4 Å². The van der Waals surface area contributed by atoms with Crippen LogP contribution in [0.4, 0.5) is 0 Å². The first kappa shape index (κ1) is 23.8. The van der Waals surface area contributed by atoms with Crippen molar-refractivity contribution >= 4 is 22.6 Å². The van der Waals surface area contributed by atoms with Gasteiger partial charge in [0.25, 0.3) is 0 Å². The van der Waals surface area contributed by atoms with Crippen molar-refractivity contribution in [2.45, 2.75) is 52.0 Å². The molecular formula is C32H35N3O2. The standard InChI is InChI=1S/C32H35N3O2/c1-18-8-7-9-23-15-19(2)21(4)29-27(16-22-17-33-25-11-6-5-10-24(22)25)35-31(37)32(23,29)28-13-12-26(34-28)30(36)20(3)14-18/h5-7,9-15,17-18,21,23,27,29,33-34H,8,16H2,1-4H3,(H,35,37)/b9-7+,20-14+/t18-,21+,23-,27-,29-,32+/m0/s1. The molecule has 4 heterocycles. The number of carbonyl (C=O) groups excluding carboxylic acids is 2. The molecule has 37 heavy (non-hydrogen) atoms. The minimum Gasteiger partial charge on any atom is -0.361 e. The van der Waals surface area contributed by atoms with Gasteiger partial charge in [-0.1, -0.05) is 61.9 Å². The van der Waals surface area contributed by atoms with E-state index in [1.54, 1.807) is 0 Å². The van der Waals surface area contributed by atoms with Gasteiger partial charge in [-0.25, -0.2) is 0 Å². The third-order valence-electron chi connectivity index (χ3n) is 9.11. The largest absolute Gasteiger partial charge is 0.361 e. The zero-order valence-electron chi connectivity index (χ0n) is 22.0. The van der Waals surface area contributed by atoms with Crippen LogP contribution in [-0.4, -0.2) is 27.7 Å². The topological polar surface area (TPSA) is 77.8 Å². The summed E-state index contributed by atoms with van der Waals surface area (Å²) >= 11 is 0. The maximum Gasteiger partial charge on any atom is 0.233 e. The van der Waals surface area contributed by atoms with Crippen LogP contribution in [-0.2, 0) is 16.6 Å². The normalized spacial score (nSPS) is 33.9. The van der Waals surface area contributed by atoms with Crippen molar-refractivity contribution < 1.29 is 9.59 Å². The first-order valence-electron chi connectivity index (χ1n) is 13.4. The van der Waals surface area contributed by atoms with Crippen LogP contribution in [0, 0.1) is 23.7 Å². The van der Waals surface area contributed by atoms with Crippen molar-refractivity contribution in [3.8, 4) is 0 Å². The summed E-state index contributed by atoms with van der Waals surface area (Å²) in [7, 11) is 0. The highest BCUT2D eigenvalue weighted by Crippen LogP contribution is 2.55. The molecule has 2 aliphatic heterocycles. The van der Waals surface area contributed by atoms with Gasteiger partial charge in [0.2, 0.25) is 11.7 Å². The smallest absolute Gasteiger partial charge is 0.233 e. The number of carbonyl (C=O) groups is 2. The first-order chi connectivity index (χ1) is 17.8. The van der Waals surface area contributed by atoms with E-state index in [1.807, 2.05) is 25.1 Å². The maximum atomic E-state index is 14.3. The van der Waals surface area contributed by atoms with E-state index in [1.165, 1.54) is 16.5 Å². The zero-order valence-corrected chi connectivity index (χ0v) is 22.0. The molecule has 5 nitrogen and oxygen atoms in total. The molecule has 2 aromatic heterocycles. The fourth-order valence-corrected chi connectivity index (χ4v) is 7.21. The van der Waals surface area contributed by atoms with Gasteiger partial charge in [0.1, 0.15) is 5.41 Å². The second kappa shape index (κ2) is 8.76. The zero-order chi connectivity index (χ0) is 25.9. The number of rotatable bonds is 2. The summed E-state index contributed by atoms with van der Waals surface area (Å²) in [5, 5.41) is 4.64. The highest BCUT2D eigenvalue weighted by atomic mass is 16.2. The third kappa shape index (κ3) is 3.58. The second-order valence-corrected chi connectivity index (χ2v) is 11.4. The number of para-hydroxylation sites is 1. The summed E-state index contributed by atoms with van der Waals surface area (Å²) < 4.78 is 0. The number of allylic oxidation sites excluding steroid dienone is 6. The number of hydrogen-bond acceptors (Lipinski definition) is 2. The lowest BCUT2D eigenvalue weighted by atomic mass is 9.55. The Labute approximate surface area is 218 Å². The van der Waals surface area contributed by atoms with Gasteiger partial charge in [-0.15, -0.1) is 0 Å². The number of nitrogens with one attached hydrogen (secondary N) is 3. The predicted octanol–water partition coefficient (Wildman–Crippen LogP) is 6.03. The summed E-state index contributed by atoms with van der Waals surface area (Å²) in [6.07, 6.45) is 12.4. The highest BCUT2D eigenvalue weighted by molar-refractivity contribution is 6.07. The first-order valence-corrected chi connectivity index (χ1v) is 13.4. The Hall–Kier alpha value is -3.60. The Kier molecular flexibility index (Phi) is 5.63. The van der Waals surface area contributed by atoms with Crippen LogP contribution in [0.25, 0.3) is 10.9 Å². The van der Waals surface area contributed by atoms with Gasteiger partial charge in [0, 0.05) is 40.7 Å². The lowest BCUT2D eigenvalue weighted by molar-refractivity contribution is -0.126. The lowest BCUT2D eigenvalue weighted by Gasteiger charge is -2.45. The van der Waals surface area contributed by atoms with Gasteiger partial charge in [0.05, 0.1) is 5.69 Å². The molecule has 3 aliphatic rings. The Morgan fingerprint density at radius 2 is 1.84 bits per heavy atom. The van der Waals surface area contributed by atoms with Crippen molar-refractivity contribution in [1.82, 2.24) is 15.3 Å². The number of benzene rings is 1. The van der Waals surface area contributed by atoms with Crippen molar-refractivity contribution in [2.24, 2.45) is 23.7 Å². The van der Waals surface area contributed by atoms with Crippen LogP contribution in [0.15, 0.2) is 78.0 Å². The van der Waals surface area contributed by atoms with Crippen LogP contribution in [0.3, 0.4) is 0 Å². The number of hydrogen-bond donors (Lipinski definition) is 3. The number of amides is 1. The Balaban J connectivity index is 1.51. The quantitative estimate of drug-likeness (QED) is 0.381. The monoisotopic (exact) mass is 493 g/mol. The van der Waals surface area contributed by atoms with Gasteiger partial charge in [-0.2, -0.15) is 0 Å². The average molecular weight is 494 g/mol. The average Bonchev–Trinajstić information content (AvgIpc) is 3.59. The van der Waals surface area contributed by atoms with E-state index in [9.17, 15) is 9.59 Å². The Morgan fingerprint density at radius 1 is 1.03 bits per heavy atom. The molecule has 0 radical (unpaired) electrons. The molecule has 1 fully saturated rings. The summed E-state index contributed by atoms with van der Waals surface area (Å²) in [5.74, 6) is 0.421. The number of H-pyrrole nitrogens is 2. The molecule has 2 bridgehead atoms. The van der Waals surface area contributed by atoms with Gasteiger partial charge in [-0.05, 0) is 67.9 Å². The Morgan fingerprint density at radius 3 is 2.68 bits per heavy atom. The van der Waals surface area contributed by atoms with Gasteiger partial charge < -0.3 is 15.3 Å². The van der Waals surface area contributed by atoms with E-state index < -0.39 is 5.41 Å². The van der Waals surface area contributed by atoms with Crippen LogP contribution in [0.5, 0.6) is 0 Å². The fraction of sp³-hybridized carbons (Fsp3) is 0.375. The van der Waals surface area contributed by atoms with Crippen LogP contribution < -0.4 is 5.32 Å². The number of ketones is 1. The van der Waals surface area contributed by atoms with Crippen molar-refractivity contribution in [2.75, 3.05) is 0 Å². The van der Waals surface area contributed by atoms with Gasteiger partial charge in [-0.3, -0.25) is 9.59 Å². The lowest BCUT2D eigenvalue weighted by Crippen LogP contribution is -2.50. The molecule has 0 saturated carbocycles. The van der Waals surface area contributed by atoms with E-state index in [0.29, 0.717) is 5.69 Å². The summed E-state index contributed by atoms with van der Waals surface area (Å²) in [6, 6.07) is 12.1.